The maximum atomic E-state index is 12.4. The monoisotopic (exact) mass is 530 g/mol. The van der Waals surface area contributed by atoms with Gasteiger partial charge in [-0.3, -0.25) is 4.68 Å². The smallest absolute Gasteiger partial charge is 0.410 e. The number of methoxy groups -OCH3 is 1. The Bertz CT molecular complexity index is 1400. The second-order valence-electron chi connectivity index (χ2n) is 10.2. The summed E-state index contributed by atoms with van der Waals surface area (Å²) in [6.07, 6.45) is 6.94. The number of piperidine rings is 1. The Morgan fingerprint density at radius 3 is 2.44 bits per heavy atom. The maximum Gasteiger partial charge on any atom is 0.410 e. The van der Waals surface area contributed by atoms with Crippen LogP contribution in [0.1, 0.15) is 53.5 Å². The summed E-state index contributed by atoms with van der Waals surface area (Å²) in [6.45, 7) is 10.9. The van der Waals surface area contributed by atoms with Crippen LogP contribution >= 0.6 is 0 Å². The number of hydrogen-bond donors (Lipinski definition) is 1. The molecule has 9 nitrogen and oxygen atoms in total. The molecule has 1 amide bonds. The van der Waals surface area contributed by atoms with E-state index in [4.69, 9.17) is 14.5 Å². The molecule has 0 atom stereocenters. The Labute approximate surface area is 230 Å². The zero-order valence-corrected chi connectivity index (χ0v) is 23.6. The van der Waals surface area contributed by atoms with Crippen molar-refractivity contribution in [3.8, 4) is 16.9 Å². The van der Waals surface area contributed by atoms with Gasteiger partial charge < -0.3 is 19.7 Å². The van der Waals surface area contributed by atoms with Crippen LogP contribution in [0.4, 0.5) is 16.4 Å². The number of nitrogens with zero attached hydrogens (tertiary/aromatic N) is 5. The summed E-state index contributed by atoms with van der Waals surface area (Å²) in [7, 11) is 1.67. The molecule has 39 heavy (non-hydrogen) atoms. The van der Waals surface area contributed by atoms with E-state index in [1.165, 1.54) is 0 Å². The zero-order chi connectivity index (χ0) is 28.0. The molecule has 1 aliphatic rings. The number of benzene rings is 2. The Balaban J connectivity index is 0.00000172. The molecule has 9 heteroatoms. The summed E-state index contributed by atoms with van der Waals surface area (Å²) in [4.78, 5) is 23.5. The van der Waals surface area contributed by atoms with Gasteiger partial charge in [0.1, 0.15) is 11.4 Å². The highest BCUT2D eigenvalue weighted by Crippen LogP contribution is 2.34. The van der Waals surface area contributed by atoms with E-state index in [0.29, 0.717) is 19.0 Å². The first-order valence-corrected chi connectivity index (χ1v) is 13.5. The Hall–Kier alpha value is -4.14. The zero-order valence-electron chi connectivity index (χ0n) is 23.6. The van der Waals surface area contributed by atoms with E-state index in [1.54, 1.807) is 18.2 Å². The second kappa shape index (κ2) is 12.1. The van der Waals surface area contributed by atoms with Crippen LogP contribution in [0.15, 0.2) is 61.1 Å². The first kappa shape index (κ1) is 27.9. The molecule has 0 unspecified atom stereocenters. The molecule has 0 aliphatic carbocycles. The molecular formula is C30H38N6O3. The summed E-state index contributed by atoms with van der Waals surface area (Å²) in [5, 5.41) is 8.80. The number of carbonyl (C=O) groups is 1. The predicted octanol–water partition coefficient (Wildman–Crippen LogP) is 6.84. The van der Waals surface area contributed by atoms with Gasteiger partial charge in [0.15, 0.2) is 0 Å². The number of hydrogen-bond acceptors (Lipinski definition) is 7. The summed E-state index contributed by atoms with van der Waals surface area (Å²) in [5.41, 5.74) is 3.11. The standard InChI is InChI=1S/C28H32N6O3.C2H6/c1-28(2,3)37-27(35)33-14-12-21(13-15-33)34-18-20(17-30-34)31-26-29-16-19-8-7-10-23(25(19)32-26)22-9-5-6-11-24(22)36-4;1-2/h5-11,16-18,21H,12-15H2,1-4H3,(H,29,31,32);1-2H3. The summed E-state index contributed by atoms with van der Waals surface area (Å²) in [5.74, 6) is 1.29. The quantitative estimate of drug-likeness (QED) is 0.302. The van der Waals surface area contributed by atoms with E-state index in [-0.39, 0.29) is 12.1 Å². The number of ether oxygens (including phenoxy) is 2. The van der Waals surface area contributed by atoms with Gasteiger partial charge in [0.05, 0.1) is 30.6 Å². The first-order chi connectivity index (χ1) is 18.8. The number of amides is 1. The van der Waals surface area contributed by atoms with Crippen molar-refractivity contribution in [3.63, 3.8) is 0 Å². The molecule has 0 radical (unpaired) electrons. The fourth-order valence-electron chi connectivity index (χ4n) is 4.57. The van der Waals surface area contributed by atoms with Crippen molar-refractivity contribution in [1.29, 1.82) is 0 Å². The number of nitrogens with one attached hydrogen (secondary N) is 1. The Morgan fingerprint density at radius 1 is 1.00 bits per heavy atom. The third-order valence-electron chi connectivity index (χ3n) is 6.36. The Kier molecular flexibility index (Phi) is 8.69. The highest BCUT2D eigenvalue weighted by Gasteiger charge is 2.28. The normalized spacial score (nSPS) is 13.9. The lowest BCUT2D eigenvalue weighted by atomic mass is 10.0. The van der Waals surface area contributed by atoms with E-state index >= 15 is 0 Å². The molecule has 0 bridgehead atoms. The number of carbonyl (C=O) groups excluding carboxylic acids is 1. The summed E-state index contributed by atoms with van der Waals surface area (Å²) in [6, 6.07) is 14.2. The van der Waals surface area contributed by atoms with Gasteiger partial charge in [0.25, 0.3) is 0 Å². The minimum atomic E-state index is -0.491. The molecule has 1 saturated heterocycles. The molecule has 0 saturated carbocycles. The van der Waals surface area contributed by atoms with Crippen molar-refractivity contribution in [1.82, 2.24) is 24.6 Å². The predicted molar refractivity (Wildman–Crippen MR) is 154 cm³/mol. The molecule has 206 valence electrons. The van der Waals surface area contributed by atoms with Gasteiger partial charge in [-0.05, 0) is 39.7 Å². The van der Waals surface area contributed by atoms with Crippen LogP contribution in [0.5, 0.6) is 5.75 Å². The summed E-state index contributed by atoms with van der Waals surface area (Å²) < 4.78 is 13.0. The fraction of sp³-hybridized carbons (Fsp3) is 0.400. The number of rotatable bonds is 5. The number of likely N-dealkylation sites (tertiary alicyclic amines) is 1. The van der Waals surface area contributed by atoms with E-state index < -0.39 is 5.60 Å². The molecular weight excluding hydrogens is 492 g/mol. The molecule has 2 aromatic carbocycles. The number of anilines is 2. The number of fused-ring (bicyclic) bond motifs is 1. The molecule has 5 rings (SSSR count). The van der Waals surface area contributed by atoms with Gasteiger partial charge in [-0.25, -0.2) is 14.8 Å². The van der Waals surface area contributed by atoms with Crippen molar-refractivity contribution in [3.05, 3.63) is 61.1 Å². The van der Waals surface area contributed by atoms with Gasteiger partial charge in [-0.15, -0.1) is 0 Å². The van der Waals surface area contributed by atoms with Crippen LogP contribution in [-0.2, 0) is 4.74 Å². The lowest BCUT2D eigenvalue weighted by Gasteiger charge is -2.33. The topological polar surface area (TPSA) is 94.4 Å². The van der Waals surface area contributed by atoms with E-state index in [1.807, 2.05) is 94.2 Å². The SMILES string of the molecule is CC.COc1ccccc1-c1cccc2cnc(Nc3cnn(C4CCN(C(=O)OC(C)(C)C)CC4)c3)nc12. The minimum absolute atomic E-state index is 0.212. The van der Waals surface area contributed by atoms with Gasteiger partial charge in [0.2, 0.25) is 5.95 Å². The van der Waals surface area contributed by atoms with Crippen LogP contribution in [0.25, 0.3) is 22.0 Å². The largest absolute Gasteiger partial charge is 0.496 e. The third-order valence-corrected chi connectivity index (χ3v) is 6.36. The highest BCUT2D eigenvalue weighted by molar-refractivity contribution is 5.95. The molecule has 0 spiro atoms. The van der Waals surface area contributed by atoms with Crippen LogP contribution in [0.3, 0.4) is 0 Å². The molecule has 1 N–H and O–H groups in total. The van der Waals surface area contributed by atoms with Crippen molar-refractivity contribution in [2.45, 2.75) is 59.1 Å². The molecule has 3 heterocycles. The fourth-order valence-corrected chi connectivity index (χ4v) is 4.57. The van der Waals surface area contributed by atoms with Crippen molar-refractivity contribution in [2.75, 3.05) is 25.5 Å². The van der Waals surface area contributed by atoms with Gasteiger partial charge >= 0.3 is 6.09 Å². The van der Waals surface area contributed by atoms with Crippen LogP contribution in [0, 0.1) is 0 Å². The van der Waals surface area contributed by atoms with Crippen LogP contribution < -0.4 is 10.1 Å². The van der Waals surface area contributed by atoms with Gasteiger partial charge in [-0.2, -0.15) is 5.10 Å². The van der Waals surface area contributed by atoms with Crippen molar-refractivity contribution in [2.24, 2.45) is 0 Å². The number of aromatic nitrogens is 4. The molecule has 1 aliphatic heterocycles. The van der Waals surface area contributed by atoms with Gasteiger partial charge in [0, 0.05) is 42.0 Å². The minimum Gasteiger partial charge on any atom is -0.496 e. The van der Waals surface area contributed by atoms with E-state index in [0.717, 1.165) is 46.3 Å². The van der Waals surface area contributed by atoms with Crippen molar-refractivity contribution >= 4 is 28.6 Å². The molecule has 4 aromatic rings. The lowest BCUT2D eigenvalue weighted by molar-refractivity contribution is 0.0185. The first-order valence-electron chi connectivity index (χ1n) is 13.5. The van der Waals surface area contributed by atoms with E-state index in [2.05, 4.69) is 15.4 Å². The van der Waals surface area contributed by atoms with Crippen molar-refractivity contribution < 1.29 is 14.3 Å². The summed E-state index contributed by atoms with van der Waals surface area (Å²) >= 11 is 0. The van der Waals surface area contributed by atoms with E-state index in [9.17, 15) is 4.79 Å². The average Bonchev–Trinajstić information content (AvgIpc) is 3.41. The molecule has 2 aromatic heterocycles. The van der Waals surface area contributed by atoms with Crippen LogP contribution in [-0.4, -0.2) is 56.5 Å². The van der Waals surface area contributed by atoms with Gasteiger partial charge in [-0.1, -0.05) is 50.2 Å². The third kappa shape index (κ3) is 6.66. The molecule has 1 fully saturated rings. The Morgan fingerprint density at radius 2 is 1.72 bits per heavy atom. The highest BCUT2D eigenvalue weighted by atomic mass is 16.6. The number of para-hydroxylation sites is 2. The maximum absolute atomic E-state index is 12.4. The van der Waals surface area contributed by atoms with Crippen LogP contribution in [0.2, 0.25) is 0 Å². The average molecular weight is 531 g/mol. The lowest BCUT2D eigenvalue weighted by Crippen LogP contribution is -2.42. The second-order valence-corrected chi connectivity index (χ2v) is 10.2.